The molecule has 0 bridgehead atoms. The maximum absolute atomic E-state index is 13.0. The summed E-state index contributed by atoms with van der Waals surface area (Å²) >= 11 is 0. The SMILES string of the molecule is CC(CC(=O)Nc1ccc2c(c1)OC(F)(F)O2)C1CCNCC1.Cl. The summed E-state index contributed by atoms with van der Waals surface area (Å²) in [5, 5.41) is 6.04. The summed E-state index contributed by atoms with van der Waals surface area (Å²) in [6.45, 7) is 4.07. The highest BCUT2D eigenvalue weighted by Gasteiger charge is 2.43. The number of amides is 1. The van der Waals surface area contributed by atoms with Crippen molar-refractivity contribution in [2.45, 2.75) is 32.5 Å². The van der Waals surface area contributed by atoms with Crippen LogP contribution in [0.25, 0.3) is 0 Å². The van der Waals surface area contributed by atoms with Crippen molar-refractivity contribution in [3.63, 3.8) is 0 Å². The number of hydrogen-bond donors (Lipinski definition) is 2. The third-order valence-corrected chi connectivity index (χ3v) is 4.38. The molecule has 2 heterocycles. The number of hydrogen-bond acceptors (Lipinski definition) is 4. The minimum atomic E-state index is -3.64. The molecular weight excluding hydrogens is 342 g/mol. The molecule has 0 radical (unpaired) electrons. The van der Waals surface area contributed by atoms with Crippen molar-refractivity contribution in [2.75, 3.05) is 18.4 Å². The molecule has 1 amide bonds. The Hall–Kier alpha value is -1.60. The normalized spacial score (nSPS) is 20.1. The molecule has 1 fully saturated rings. The zero-order valence-corrected chi connectivity index (χ0v) is 14.1. The number of carbonyl (C=O) groups is 1. The van der Waals surface area contributed by atoms with Crippen molar-refractivity contribution in [3.05, 3.63) is 18.2 Å². The van der Waals surface area contributed by atoms with Crippen molar-refractivity contribution in [2.24, 2.45) is 11.8 Å². The number of carbonyl (C=O) groups excluding carboxylic acids is 1. The second kappa shape index (κ2) is 7.53. The highest BCUT2D eigenvalue weighted by atomic mass is 35.5. The van der Waals surface area contributed by atoms with Gasteiger partial charge in [0.05, 0.1) is 0 Å². The van der Waals surface area contributed by atoms with E-state index in [0.29, 0.717) is 18.0 Å². The molecule has 0 aromatic heterocycles. The zero-order chi connectivity index (χ0) is 16.4. The molecule has 1 aromatic rings. The van der Waals surface area contributed by atoms with Gasteiger partial charge in [-0.05, 0) is 49.9 Å². The van der Waals surface area contributed by atoms with Crippen LogP contribution in [-0.2, 0) is 4.79 Å². The fourth-order valence-electron chi connectivity index (χ4n) is 3.11. The molecule has 1 saturated heterocycles. The predicted molar refractivity (Wildman–Crippen MR) is 87.9 cm³/mol. The standard InChI is InChI=1S/C16H20F2N2O3.ClH/c1-10(11-4-6-19-7-5-11)8-15(21)20-12-2-3-13-14(9-12)23-16(17,18)22-13;/h2-3,9-11,19H,4-8H2,1H3,(H,20,21);1H. The molecule has 134 valence electrons. The summed E-state index contributed by atoms with van der Waals surface area (Å²) < 4.78 is 34.6. The first kappa shape index (κ1) is 18.7. The van der Waals surface area contributed by atoms with Crippen LogP contribution >= 0.6 is 12.4 Å². The van der Waals surface area contributed by atoms with E-state index in [2.05, 4.69) is 27.0 Å². The molecule has 1 atom stereocenters. The number of halogens is 3. The van der Waals surface area contributed by atoms with Crippen LogP contribution < -0.4 is 20.1 Å². The van der Waals surface area contributed by atoms with Gasteiger partial charge in [0.2, 0.25) is 5.91 Å². The molecular formula is C16H21ClF2N2O3. The average Bonchev–Trinajstić information content (AvgIpc) is 2.81. The highest BCUT2D eigenvalue weighted by Crippen LogP contribution is 2.42. The van der Waals surface area contributed by atoms with E-state index in [1.165, 1.54) is 18.2 Å². The number of benzene rings is 1. The van der Waals surface area contributed by atoms with Gasteiger partial charge in [-0.15, -0.1) is 21.2 Å². The molecule has 2 N–H and O–H groups in total. The molecule has 0 spiro atoms. The van der Waals surface area contributed by atoms with E-state index in [4.69, 9.17) is 0 Å². The van der Waals surface area contributed by atoms with Crippen LogP contribution in [0.3, 0.4) is 0 Å². The molecule has 24 heavy (non-hydrogen) atoms. The Balaban J connectivity index is 0.00000208. The molecule has 8 heteroatoms. The maximum Gasteiger partial charge on any atom is 0.586 e. The van der Waals surface area contributed by atoms with Crippen LogP contribution in [0.5, 0.6) is 11.5 Å². The third kappa shape index (κ3) is 4.48. The Morgan fingerprint density at radius 3 is 2.71 bits per heavy atom. The van der Waals surface area contributed by atoms with E-state index in [9.17, 15) is 13.6 Å². The van der Waals surface area contributed by atoms with Gasteiger partial charge in [0.1, 0.15) is 0 Å². The third-order valence-electron chi connectivity index (χ3n) is 4.38. The summed E-state index contributed by atoms with van der Waals surface area (Å²) in [4.78, 5) is 12.1. The molecule has 2 aliphatic rings. The lowest BCUT2D eigenvalue weighted by Crippen LogP contribution is -2.32. The first-order valence-electron chi connectivity index (χ1n) is 7.83. The monoisotopic (exact) mass is 362 g/mol. The molecule has 0 saturated carbocycles. The van der Waals surface area contributed by atoms with Crippen LogP contribution in [0, 0.1) is 11.8 Å². The minimum Gasteiger partial charge on any atom is -0.395 e. The topological polar surface area (TPSA) is 59.6 Å². The summed E-state index contributed by atoms with van der Waals surface area (Å²) in [5.41, 5.74) is 0.424. The molecule has 5 nitrogen and oxygen atoms in total. The van der Waals surface area contributed by atoms with E-state index in [0.717, 1.165) is 25.9 Å². The Labute approximate surface area is 145 Å². The fourth-order valence-corrected chi connectivity index (χ4v) is 3.11. The van der Waals surface area contributed by atoms with E-state index in [-0.39, 0.29) is 35.7 Å². The van der Waals surface area contributed by atoms with Crippen molar-refractivity contribution in [1.29, 1.82) is 0 Å². The molecule has 2 aliphatic heterocycles. The van der Waals surface area contributed by atoms with E-state index in [1.807, 2.05) is 0 Å². The van der Waals surface area contributed by atoms with Crippen molar-refractivity contribution in [1.82, 2.24) is 5.32 Å². The lowest BCUT2D eigenvalue weighted by Gasteiger charge is -2.27. The van der Waals surface area contributed by atoms with Gasteiger partial charge < -0.3 is 20.1 Å². The quantitative estimate of drug-likeness (QED) is 0.862. The second-order valence-corrected chi connectivity index (χ2v) is 6.15. The maximum atomic E-state index is 13.0. The van der Waals surface area contributed by atoms with E-state index in [1.54, 1.807) is 0 Å². The Bertz CT molecular complexity index is 595. The predicted octanol–water partition coefficient (Wildman–Crippen LogP) is 3.39. The van der Waals surface area contributed by atoms with E-state index >= 15 is 0 Å². The largest absolute Gasteiger partial charge is 0.586 e. The van der Waals surface area contributed by atoms with Crippen LogP contribution in [0.4, 0.5) is 14.5 Å². The smallest absolute Gasteiger partial charge is 0.395 e. The molecule has 3 rings (SSSR count). The number of alkyl halides is 2. The number of fused-ring (bicyclic) bond motifs is 1. The van der Waals surface area contributed by atoms with Gasteiger partial charge in [-0.25, -0.2) is 0 Å². The van der Waals surface area contributed by atoms with Crippen molar-refractivity contribution < 1.29 is 23.0 Å². The average molecular weight is 363 g/mol. The van der Waals surface area contributed by atoms with Gasteiger partial charge in [-0.2, -0.15) is 0 Å². The van der Waals surface area contributed by atoms with Crippen LogP contribution in [0.2, 0.25) is 0 Å². The van der Waals surface area contributed by atoms with Gasteiger partial charge in [-0.1, -0.05) is 6.92 Å². The van der Waals surface area contributed by atoms with Gasteiger partial charge >= 0.3 is 6.29 Å². The zero-order valence-electron chi connectivity index (χ0n) is 13.3. The number of anilines is 1. The summed E-state index contributed by atoms with van der Waals surface area (Å²) in [7, 11) is 0. The molecule has 0 aliphatic carbocycles. The first-order valence-corrected chi connectivity index (χ1v) is 7.83. The Morgan fingerprint density at radius 1 is 1.33 bits per heavy atom. The Kier molecular flexibility index (Phi) is 5.87. The lowest BCUT2D eigenvalue weighted by atomic mass is 9.84. The van der Waals surface area contributed by atoms with Crippen molar-refractivity contribution in [3.8, 4) is 11.5 Å². The van der Waals surface area contributed by atoms with Gasteiger partial charge in [0, 0.05) is 18.2 Å². The highest BCUT2D eigenvalue weighted by molar-refractivity contribution is 5.91. The fraction of sp³-hybridized carbons (Fsp3) is 0.562. The molecule has 1 aromatic carbocycles. The van der Waals surface area contributed by atoms with Gasteiger partial charge in [-0.3, -0.25) is 4.79 Å². The van der Waals surface area contributed by atoms with Crippen LogP contribution in [-0.4, -0.2) is 25.3 Å². The summed E-state index contributed by atoms with van der Waals surface area (Å²) in [5.74, 6) is 0.602. The number of piperidine rings is 1. The minimum absolute atomic E-state index is 0. The number of ether oxygens (including phenoxy) is 2. The van der Waals surface area contributed by atoms with Crippen LogP contribution in [0.15, 0.2) is 18.2 Å². The lowest BCUT2D eigenvalue weighted by molar-refractivity contribution is -0.286. The van der Waals surface area contributed by atoms with Crippen LogP contribution in [0.1, 0.15) is 26.2 Å². The van der Waals surface area contributed by atoms with E-state index < -0.39 is 6.29 Å². The van der Waals surface area contributed by atoms with Crippen molar-refractivity contribution >= 4 is 24.0 Å². The summed E-state index contributed by atoms with van der Waals surface area (Å²) in [6.07, 6.45) is -1.08. The van der Waals surface area contributed by atoms with Gasteiger partial charge in [0.25, 0.3) is 0 Å². The first-order chi connectivity index (χ1) is 10.9. The Morgan fingerprint density at radius 2 is 2.00 bits per heavy atom. The summed E-state index contributed by atoms with van der Waals surface area (Å²) in [6, 6.07) is 4.24. The molecule has 1 unspecified atom stereocenters. The second-order valence-electron chi connectivity index (χ2n) is 6.15. The number of rotatable bonds is 4. The van der Waals surface area contributed by atoms with Gasteiger partial charge in [0.15, 0.2) is 11.5 Å². The number of nitrogens with one attached hydrogen (secondary N) is 2.